The van der Waals surface area contributed by atoms with E-state index in [1.165, 1.54) is 12.8 Å². The van der Waals surface area contributed by atoms with Crippen molar-refractivity contribution >= 4 is 45.1 Å². The lowest BCUT2D eigenvalue weighted by molar-refractivity contribution is -0.151. The standard InChI is InChI=1S/C36H45ClO6/c37-26-21-22-31-32(25-26)36(41-24-12-10-20-34(39)43-28-15-5-2-6-16-28)30-18-8-7-17-29(30)35(31)40-23-11-9-19-33(38)42-27-13-3-1-4-14-27/h7-8,17-18,21-22,25,27-28H,1-6,9-16,19-20,23-24H2. The summed E-state index contributed by atoms with van der Waals surface area (Å²) in [7, 11) is 0. The Balaban J connectivity index is 1.17. The number of esters is 2. The van der Waals surface area contributed by atoms with E-state index in [9.17, 15) is 9.59 Å². The molecule has 0 atom stereocenters. The first kappa shape index (κ1) is 31.4. The van der Waals surface area contributed by atoms with E-state index in [2.05, 4.69) is 0 Å². The van der Waals surface area contributed by atoms with Gasteiger partial charge in [-0.05, 0) is 95.2 Å². The number of benzene rings is 3. The van der Waals surface area contributed by atoms with Crippen molar-refractivity contribution in [3.05, 3.63) is 47.5 Å². The first-order chi connectivity index (χ1) is 21.1. The van der Waals surface area contributed by atoms with Gasteiger partial charge in [0.25, 0.3) is 0 Å². The van der Waals surface area contributed by atoms with Gasteiger partial charge in [-0.1, -0.05) is 48.7 Å². The van der Waals surface area contributed by atoms with Gasteiger partial charge < -0.3 is 18.9 Å². The highest BCUT2D eigenvalue weighted by Gasteiger charge is 2.20. The number of fused-ring (bicyclic) bond motifs is 2. The summed E-state index contributed by atoms with van der Waals surface area (Å²) in [5.41, 5.74) is 0. The van der Waals surface area contributed by atoms with Crippen LogP contribution in [0.4, 0.5) is 0 Å². The van der Waals surface area contributed by atoms with Crippen molar-refractivity contribution < 1.29 is 28.5 Å². The highest BCUT2D eigenvalue weighted by atomic mass is 35.5. The van der Waals surface area contributed by atoms with Gasteiger partial charge in [-0.25, -0.2) is 0 Å². The monoisotopic (exact) mass is 608 g/mol. The average molecular weight is 609 g/mol. The van der Waals surface area contributed by atoms with E-state index in [-0.39, 0.29) is 24.1 Å². The molecule has 6 nitrogen and oxygen atoms in total. The minimum atomic E-state index is -0.0998. The van der Waals surface area contributed by atoms with E-state index in [0.29, 0.717) is 31.1 Å². The van der Waals surface area contributed by atoms with Crippen LogP contribution in [0.1, 0.15) is 103 Å². The lowest BCUT2D eigenvalue weighted by Crippen LogP contribution is -2.20. The topological polar surface area (TPSA) is 71.1 Å². The highest BCUT2D eigenvalue weighted by molar-refractivity contribution is 6.31. The van der Waals surface area contributed by atoms with Gasteiger partial charge in [-0.3, -0.25) is 9.59 Å². The Kier molecular flexibility index (Phi) is 11.8. The van der Waals surface area contributed by atoms with Crippen molar-refractivity contribution in [2.24, 2.45) is 0 Å². The second-order valence-corrected chi connectivity index (χ2v) is 12.4. The molecule has 2 aliphatic rings. The third-order valence-corrected chi connectivity index (χ3v) is 8.87. The Bertz CT molecular complexity index is 1360. The Morgan fingerprint density at radius 3 is 1.58 bits per heavy atom. The first-order valence-electron chi connectivity index (χ1n) is 16.4. The van der Waals surface area contributed by atoms with Gasteiger partial charge in [-0.2, -0.15) is 0 Å². The fourth-order valence-corrected chi connectivity index (χ4v) is 6.50. The molecule has 7 heteroatoms. The van der Waals surface area contributed by atoms with Crippen LogP contribution in [0.15, 0.2) is 42.5 Å². The van der Waals surface area contributed by atoms with Crippen LogP contribution in [-0.2, 0) is 19.1 Å². The average Bonchev–Trinajstić information content (AvgIpc) is 3.02. The van der Waals surface area contributed by atoms with Crippen molar-refractivity contribution in [3.63, 3.8) is 0 Å². The van der Waals surface area contributed by atoms with Gasteiger partial charge in [0.1, 0.15) is 23.7 Å². The van der Waals surface area contributed by atoms with Crippen LogP contribution in [-0.4, -0.2) is 37.4 Å². The summed E-state index contributed by atoms with van der Waals surface area (Å²) < 4.78 is 24.1. The number of ether oxygens (including phenoxy) is 4. The van der Waals surface area contributed by atoms with E-state index >= 15 is 0 Å². The highest BCUT2D eigenvalue weighted by Crippen LogP contribution is 2.43. The van der Waals surface area contributed by atoms with Gasteiger partial charge in [0.15, 0.2) is 0 Å². The molecule has 2 saturated carbocycles. The van der Waals surface area contributed by atoms with Gasteiger partial charge in [0.2, 0.25) is 0 Å². The van der Waals surface area contributed by atoms with Crippen molar-refractivity contribution in [3.8, 4) is 11.5 Å². The molecule has 0 aromatic heterocycles. The van der Waals surface area contributed by atoms with E-state index < -0.39 is 0 Å². The van der Waals surface area contributed by atoms with Crippen LogP contribution in [0, 0.1) is 0 Å². The third kappa shape index (κ3) is 9.01. The zero-order valence-electron chi connectivity index (χ0n) is 25.3. The lowest BCUT2D eigenvalue weighted by Gasteiger charge is -2.21. The van der Waals surface area contributed by atoms with Gasteiger partial charge in [-0.15, -0.1) is 0 Å². The van der Waals surface area contributed by atoms with E-state index in [1.54, 1.807) is 0 Å². The molecule has 232 valence electrons. The van der Waals surface area contributed by atoms with Crippen molar-refractivity contribution in [2.45, 2.75) is 115 Å². The molecule has 0 heterocycles. The van der Waals surface area contributed by atoms with E-state index in [4.69, 9.17) is 30.5 Å². The Morgan fingerprint density at radius 2 is 1.07 bits per heavy atom. The van der Waals surface area contributed by atoms with Crippen molar-refractivity contribution in [2.75, 3.05) is 13.2 Å². The lowest BCUT2D eigenvalue weighted by atomic mass is 9.98. The van der Waals surface area contributed by atoms with Crippen molar-refractivity contribution in [1.29, 1.82) is 0 Å². The number of unbranched alkanes of at least 4 members (excludes halogenated alkanes) is 2. The summed E-state index contributed by atoms with van der Waals surface area (Å²) in [5, 5.41) is 4.39. The molecular formula is C36H45ClO6. The van der Waals surface area contributed by atoms with E-state index in [1.807, 2.05) is 42.5 Å². The molecule has 2 aliphatic carbocycles. The predicted molar refractivity (Wildman–Crippen MR) is 171 cm³/mol. The van der Waals surface area contributed by atoms with Crippen LogP contribution in [0.5, 0.6) is 11.5 Å². The number of rotatable bonds is 14. The Hall–Kier alpha value is -2.99. The van der Waals surface area contributed by atoms with Gasteiger partial charge in [0.05, 0.1) is 13.2 Å². The molecule has 43 heavy (non-hydrogen) atoms. The normalized spacial score (nSPS) is 16.3. The SMILES string of the molecule is O=C(CCCCOc1c2ccccc2c(OCCCCC(=O)OC2CCCCC2)c2cc(Cl)ccc12)OC1CCCCC1. The largest absolute Gasteiger partial charge is 0.492 e. The smallest absolute Gasteiger partial charge is 0.306 e. The second-order valence-electron chi connectivity index (χ2n) is 12.0. The van der Waals surface area contributed by atoms with Crippen molar-refractivity contribution in [1.82, 2.24) is 0 Å². The summed E-state index contributed by atoms with van der Waals surface area (Å²) >= 11 is 6.45. The Labute approximate surface area is 260 Å². The van der Waals surface area contributed by atoms with Crippen LogP contribution in [0.25, 0.3) is 21.5 Å². The van der Waals surface area contributed by atoms with Crippen LogP contribution < -0.4 is 9.47 Å². The fraction of sp³-hybridized carbons (Fsp3) is 0.556. The number of hydrogen-bond acceptors (Lipinski definition) is 6. The van der Waals surface area contributed by atoms with E-state index in [0.717, 1.165) is 110 Å². The maximum atomic E-state index is 12.3. The minimum absolute atomic E-state index is 0.0972. The molecule has 0 saturated heterocycles. The maximum absolute atomic E-state index is 12.3. The van der Waals surface area contributed by atoms with Gasteiger partial charge in [0, 0.05) is 39.4 Å². The molecule has 0 unspecified atom stereocenters. The Morgan fingerprint density at radius 1 is 0.605 bits per heavy atom. The molecule has 0 N–H and O–H groups in total. The summed E-state index contributed by atoms with van der Waals surface area (Å²) in [6.45, 7) is 0.981. The molecule has 0 aliphatic heterocycles. The molecule has 3 aromatic carbocycles. The minimum Gasteiger partial charge on any atom is -0.492 e. The molecule has 0 bridgehead atoms. The predicted octanol–water partition coefficient (Wildman–Crippen LogP) is 9.50. The van der Waals surface area contributed by atoms with Crippen LogP contribution in [0.2, 0.25) is 5.02 Å². The molecule has 5 rings (SSSR count). The summed E-state index contributed by atoms with van der Waals surface area (Å²) in [6, 6.07) is 13.9. The third-order valence-electron chi connectivity index (χ3n) is 8.63. The first-order valence-corrected chi connectivity index (χ1v) is 16.7. The van der Waals surface area contributed by atoms with Crippen LogP contribution in [0.3, 0.4) is 0 Å². The molecule has 0 radical (unpaired) electrons. The second kappa shape index (κ2) is 16.2. The quantitative estimate of drug-likeness (QED) is 0.103. The fourth-order valence-electron chi connectivity index (χ4n) is 6.33. The molecule has 2 fully saturated rings. The number of halogens is 1. The summed E-state index contributed by atoms with van der Waals surface area (Å²) in [4.78, 5) is 24.6. The molecule has 0 spiro atoms. The maximum Gasteiger partial charge on any atom is 0.306 e. The zero-order valence-corrected chi connectivity index (χ0v) is 26.0. The molecule has 3 aromatic rings. The van der Waals surface area contributed by atoms with Gasteiger partial charge >= 0.3 is 11.9 Å². The van der Waals surface area contributed by atoms with Crippen LogP contribution >= 0.6 is 11.6 Å². The molecular weight excluding hydrogens is 564 g/mol. The zero-order chi connectivity index (χ0) is 29.9. The summed E-state index contributed by atoms with van der Waals surface area (Å²) in [6.07, 6.45) is 15.0. The number of carbonyl (C=O) groups is 2. The summed E-state index contributed by atoms with van der Waals surface area (Å²) in [5.74, 6) is 1.37. The molecule has 0 amide bonds. The number of hydrogen-bond donors (Lipinski definition) is 0. The number of carbonyl (C=O) groups excluding carboxylic acids is 2.